The highest BCUT2D eigenvalue weighted by molar-refractivity contribution is 6.22. The van der Waals surface area contributed by atoms with Crippen LogP contribution >= 0.6 is 0 Å². The number of para-hydroxylation sites is 1. The molecule has 10 aromatic rings. The lowest BCUT2D eigenvalue weighted by atomic mass is 9.82. The molecule has 0 saturated heterocycles. The lowest BCUT2D eigenvalue weighted by molar-refractivity contribution is 0.840. The van der Waals surface area contributed by atoms with Crippen molar-refractivity contribution in [2.24, 2.45) is 4.99 Å². The van der Waals surface area contributed by atoms with Gasteiger partial charge >= 0.3 is 0 Å². The van der Waals surface area contributed by atoms with Crippen molar-refractivity contribution in [2.75, 3.05) is 0 Å². The molecule has 0 radical (unpaired) electrons. The quantitative estimate of drug-likeness (QED) is 0.158. The van der Waals surface area contributed by atoms with Gasteiger partial charge in [-0.3, -0.25) is 4.99 Å². The van der Waals surface area contributed by atoms with E-state index in [9.17, 15) is 0 Å². The third kappa shape index (κ3) is 5.51. The van der Waals surface area contributed by atoms with Crippen LogP contribution in [0.4, 0.5) is 5.69 Å². The van der Waals surface area contributed by atoms with Crippen molar-refractivity contribution in [2.45, 2.75) is 12.3 Å². The minimum Gasteiger partial charge on any atom is -0.253 e. The molecule has 1 unspecified atom stereocenters. The molecule has 1 aliphatic heterocycles. The van der Waals surface area contributed by atoms with Gasteiger partial charge in [0.1, 0.15) is 0 Å². The molecule has 10 aromatic carbocycles. The Labute approximate surface area is 326 Å². The van der Waals surface area contributed by atoms with Crippen molar-refractivity contribution in [3.8, 4) is 33.4 Å². The number of rotatable bonds is 5. The summed E-state index contributed by atoms with van der Waals surface area (Å²) in [4.78, 5) is 5.20. The molecular formula is C55H37N. The van der Waals surface area contributed by atoms with Crippen molar-refractivity contribution in [3.63, 3.8) is 0 Å². The Kier molecular flexibility index (Phi) is 7.70. The molecule has 56 heavy (non-hydrogen) atoms. The molecule has 0 aliphatic carbocycles. The monoisotopic (exact) mass is 711 g/mol. The van der Waals surface area contributed by atoms with Crippen molar-refractivity contribution in [1.29, 1.82) is 0 Å². The maximum Gasteiger partial charge on any atom is 0.0671 e. The van der Waals surface area contributed by atoms with Gasteiger partial charge in [-0.2, -0.15) is 0 Å². The Balaban J connectivity index is 1.08. The lowest BCUT2D eigenvalue weighted by Gasteiger charge is -2.25. The van der Waals surface area contributed by atoms with E-state index >= 15 is 0 Å². The standard InChI is InChI=1S/C55H37N/c1-2-14-39(15-3-1)50-35-53(56-52-21-11-10-18-46(50)52)40-26-22-38(23-27-40)43-30-31-49-51(34-43)55(45-29-25-37-13-5-7-17-42(37)33-45)48-20-9-8-19-47(48)54(49)44-28-24-36-12-4-6-16-41(36)32-44/h1-34,50H,35H2. The first-order valence-electron chi connectivity index (χ1n) is 19.5. The van der Waals surface area contributed by atoms with Crippen LogP contribution in [-0.2, 0) is 0 Å². The molecule has 0 bridgehead atoms. The van der Waals surface area contributed by atoms with Gasteiger partial charge < -0.3 is 0 Å². The summed E-state index contributed by atoms with van der Waals surface area (Å²) in [5, 5.41) is 10.0. The summed E-state index contributed by atoms with van der Waals surface area (Å²) in [6.45, 7) is 0. The highest BCUT2D eigenvalue weighted by atomic mass is 14.8. The van der Waals surface area contributed by atoms with Crippen molar-refractivity contribution >= 4 is 54.5 Å². The zero-order chi connectivity index (χ0) is 37.0. The molecule has 1 heterocycles. The van der Waals surface area contributed by atoms with E-state index in [0.717, 1.165) is 17.8 Å². The third-order valence-corrected chi connectivity index (χ3v) is 11.8. The van der Waals surface area contributed by atoms with E-state index in [-0.39, 0.29) is 5.92 Å². The van der Waals surface area contributed by atoms with Crippen LogP contribution in [0.3, 0.4) is 0 Å². The fourth-order valence-electron chi connectivity index (χ4n) is 9.07. The van der Waals surface area contributed by atoms with Crippen molar-refractivity contribution < 1.29 is 0 Å². The SMILES string of the molecule is c1ccc(C2CC(c3ccc(-c4ccc5c(-c6ccc7ccccc7c6)c6ccccc6c(-c6ccc7ccccc7c6)c5c4)cc3)=Nc3ccccc32)cc1. The first-order chi connectivity index (χ1) is 27.7. The summed E-state index contributed by atoms with van der Waals surface area (Å²) in [6.07, 6.45) is 0.871. The zero-order valence-corrected chi connectivity index (χ0v) is 30.9. The van der Waals surface area contributed by atoms with E-state index in [2.05, 4.69) is 206 Å². The second kappa shape index (κ2) is 13.3. The number of hydrogen-bond donors (Lipinski definition) is 0. The Morgan fingerprint density at radius 1 is 0.339 bits per heavy atom. The summed E-state index contributed by atoms with van der Waals surface area (Å²) < 4.78 is 0. The van der Waals surface area contributed by atoms with Crippen LogP contribution in [0.1, 0.15) is 29.0 Å². The smallest absolute Gasteiger partial charge is 0.0671 e. The third-order valence-electron chi connectivity index (χ3n) is 11.8. The predicted molar refractivity (Wildman–Crippen MR) is 238 cm³/mol. The largest absolute Gasteiger partial charge is 0.253 e. The topological polar surface area (TPSA) is 12.4 Å². The molecule has 1 nitrogen and oxygen atoms in total. The average molecular weight is 712 g/mol. The highest BCUT2D eigenvalue weighted by Gasteiger charge is 2.25. The molecule has 0 amide bonds. The number of benzene rings is 10. The molecule has 0 spiro atoms. The second-order valence-corrected chi connectivity index (χ2v) is 15.0. The molecule has 0 N–H and O–H groups in total. The van der Waals surface area contributed by atoms with Gasteiger partial charge in [0.05, 0.1) is 5.69 Å². The molecule has 1 heteroatoms. The summed E-state index contributed by atoms with van der Waals surface area (Å²) in [6, 6.07) is 75.7. The first-order valence-corrected chi connectivity index (χ1v) is 19.5. The lowest BCUT2D eigenvalue weighted by Crippen LogP contribution is -2.14. The van der Waals surface area contributed by atoms with Gasteiger partial charge in [-0.25, -0.2) is 0 Å². The molecule has 0 saturated carbocycles. The maximum atomic E-state index is 5.20. The van der Waals surface area contributed by atoms with Crippen LogP contribution in [0.15, 0.2) is 211 Å². The van der Waals surface area contributed by atoms with E-state index in [1.165, 1.54) is 93.2 Å². The van der Waals surface area contributed by atoms with Crippen molar-refractivity contribution in [3.05, 3.63) is 223 Å². The van der Waals surface area contributed by atoms with Crippen LogP contribution in [-0.4, -0.2) is 5.71 Å². The van der Waals surface area contributed by atoms with Gasteiger partial charge in [-0.05, 0) is 117 Å². The minimum atomic E-state index is 0.278. The van der Waals surface area contributed by atoms with Gasteiger partial charge in [-0.1, -0.05) is 182 Å². The van der Waals surface area contributed by atoms with Gasteiger partial charge in [0, 0.05) is 18.1 Å². The number of nitrogens with zero attached hydrogens (tertiary/aromatic N) is 1. The normalized spacial score (nSPS) is 13.9. The van der Waals surface area contributed by atoms with E-state index in [0.29, 0.717) is 0 Å². The Morgan fingerprint density at radius 3 is 1.52 bits per heavy atom. The molecule has 1 atom stereocenters. The van der Waals surface area contributed by atoms with Gasteiger partial charge in [0.15, 0.2) is 0 Å². The van der Waals surface area contributed by atoms with Gasteiger partial charge in [-0.15, -0.1) is 0 Å². The zero-order valence-electron chi connectivity index (χ0n) is 30.9. The predicted octanol–water partition coefficient (Wildman–Crippen LogP) is 15.0. The Hall–Kier alpha value is -7.09. The summed E-state index contributed by atoms with van der Waals surface area (Å²) in [5.74, 6) is 0.278. The minimum absolute atomic E-state index is 0.278. The molecule has 0 aromatic heterocycles. The Bertz CT molecular complexity index is 3150. The van der Waals surface area contributed by atoms with Gasteiger partial charge in [0.2, 0.25) is 0 Å². The van der Waals surface area contributed by atoms with Crippen LogP contribution in [0.25, 0.3) is 76.5 Å². The number of hydrogen-bond acceptors (Lipinski definition) is 1. The summed E-state index contributed by atoms with van der Waals surface area (Å²) >= 11 is 0. The van der Waals surface area contributed by atoms with E-state index < -0.39 is 0 Å². The van der Waals surface area contributed by atoms with E-state index in [1.807, 2.05) is 0 Å². The number of fused-ring (bicyclic) bond motifs is 5. The maximum absolute atomic E-state index is 5.20. The van der Waals surface area contributed by atoms with Crippen LogP contribution in [0, 0.1) is 0 Å². The molecule has 11 rings (SSSR count). The summed E-state index contributed by atoms with van der Waals surface area (Å²) in [5.41, 5.74) is 13.4. The second-order valence-electron chi connectivity index (χ2n) is 15.0. The first kappa shape index (κ1) is 32.3. The van der Waals surface area contributed by atoms with Gasteiger partial charge in [0.25, 0.3) is 0 Å². The molecular weight excluding hydrogens is 675 g/mol. The fraction of sp³-hybridized carbons (Fsp3) is 0.0364. The van der Waals surface area contributed by atoms with Crippen LogP contribution < -0.4 is 0 Å². The number of aliphatic imine (C=N–C) groups is 1. The van der Waals surface area contributed by atoms with E-state index in [1.54, 1.807) is 0 Å². The Morgan fingerprint density at radius 2 is 0.839 bits per heavy atom. The molecule has 1 aliphatic rings. The molecule has 262 valence electrons. The summed E-state index contributed by atoms with van der Waals surface area (Å²) in [7, 11) is 0. The van der Waals surface area contributed by atoms with Crippen molar-refractivity contribution in [1.82, 2.24) is 0 Å². The molecule has 0 fully saturated rings. The highest BCUT2D eigenvalue weighted by Crippen LogP contribution is 2.46. The fourth-order valence-corrected chi connectivity index (χ4v) is 9.07. The van der Waals surface area contributed by atoms with Crippen LogP contribution in [0.2, 0.25) is 0 Å². The average Bonchev–Trinajstić information content (AvgIpc) is 3.27. The van der Waals surface area contributed by atoms with E-state index in [4.69, 9.17) is 4.99 Å². The van der Waals surface area contributed by atoms with Crippen LogP contribution in [0.5, 0.6) is 0 Å².